The Kier molecular flexibility index (Phi) is 4.56. The Morgan fingerprint density at radius 2 is 2.00 bits per heavy atom. The summed E-state index contributed by atoms with van der Waals surface area (Å²) in [5.74, 6) is -0.926. The Hall–Kier alpha value is -2.11. The molecule has 0 amide bonds. The molecule has 1 aromatic carbocycles. The minimum atomic E-state index is -0.926. The first-order chi connectivity index (χ1) is 10.7. The highest BCUT2D eigenvalue weighted by atomic mass is 16.5. The van der Waals surface area contributed by atoms with Gasteiger partial charge in [0.15, 0.2) is 0 Å². The summed E-state index contributed by atoms with van der Waals surface area (Å²) >= 11 is 0. The Labute approximate surface area is 129 Å². The number of para-hydroxylation sites is 1. The SMILES string of the molecule is O=C(O)/C=C/c1cc2ccccc2n1CCN1CCOCC1. The Morgan fingerprint density at radius 1 is 1.23 bits per heavy atom. The van der Waals surface area contributed by atoms with Crippen LogP contribution < -0.4 is 0 Å². The predicted molar refractivity (Wildman–Crippen MR) is 85.9 cm³/mol. The van der Waals surface area contributed by atoms with Crippen LogP contribution in [0, 0.1) is 0 Å². The third-order valence-corrected chi connectivity index (χ3v) is 3.98. The highest BCUT2D eigenvalue weighted by molar-refractivity contribution is 5.88. The smallest absolute Gasteiger partial charge is 0.328 e. The van der Waals surface area contributed by atoms with Crippen molar-refractivity contribution in [3.05, 3.63) is 42.1 Å². The van der Waals surface area contributed by atoms with Crippen LogP contribution in [0.1, 0.15) is 5.69 Å². The zero-order valence-corrected chi connectivity index (χ0v) is 12.4. The number of benzene rings is 1. The minimum absolute atomic E-state index is 0.790. The van der Waals surface area contributed by atoms with E-state index in [1.807, 2.05) is 18.2 Å². The van der Waals surface area contributed by atoms with Gasteiger partial charge >= 0.3 is 5.97 Å². The molecule has 1 aromatic heterocycles. The largest absolute Gasteiger partial charge is 0.478 e. The number of carboxylic acids is 1. The van der Waals surface area contributed by atoms with Crippen molar-refractivity contribution in [2.75, 3.05) is 32.8 Å². The minimum Gasteiger partial charge on any atom is -0.478 e. The highest BCUT2D eigenvalue weighted by Gasteiger charge is 2.12. The summed E-state index contributed by atoms with van der Waals surface area (Å²) in [4.78, 5) is 13.2. The average molecular weight is 300 g/mol. The standard InChI is InChI=1S/C17H20N2O3/c20-17(21)6-5-15-13-14-3-1-2-4-16(14)19(15)8-7-18-9-11-22-12-10-18/h1-6,13H,7-12H2,(H,20,21)/b6-5+. The molecule has 2 heterocycles. The number of hydrogen-bond acceptors (Lipinski definition) is 3. The topological polar surface area (TPSA) is 54.7 Å². The molecule has 5 nitrogen and oxygen atoms in total. The van der Waals surface area contributed by atoms with Gasteiger partial charge in [-0.1, -0.05) is 18.2 Å². The molecule has 22 heavy (non-hydrogen) atoms. The Bertz CT molecular complexity index is 684. The van der Waals surface area contributed by atoms with Gasteiger partial charge in [0.05, 0.1) is 13.2 Å². The van der Waals surface area contributed by atoms with Crippen LogP contribution in [-0.4, -0.2) is 53.4 Å². The number of ether oxygens (including phenoxy) is 1. The molecule has 1 aliphatic rings. The van der Waals surface area contributed by atoms with Crippen LogP contribution in [0.15, 0.2) is 36.4 Å². The molecule has 0 bridgehead atoms. The molecular weight excluding hydrogens is 280 g/mol. The van der Waals surface area contributed by atoms with E-state index in [-0.39, 0.29) is 0 Å². The van der Waals surface area contributed by atoms with Crippen molar-refractivity contribution in [1.29, 1.82) is 0 Å². The molecule has 1 fully saturated rings. The second-order valence-electron chi connectivity index (χ2n) is 5.41. The molecule has 3 rings (SSSR count). The lowest BCUT2D eigenvalue weighted by molar-refractivity contribution is -0.131. The number of hydrogen-bond donors (Lipinski definition) is 1. The van der Waals surface area contributed by atoms with Gasteiger partial charge in [-0.15, -0.1) is 0 Å². The quantitative estimate of drug-likeness (QED) is 0.859. The van der Waals surface area contributed by atoms with Gasteiger partial charge < -0.3 is 14.4 Å². The first-order valence-corrected chi connectivity index (χ1v) is 7.53. The first kappa shape index (κ1) is 14.8. The molecule has 0 spiro atoms. The molecule has 1 saturated heterocycles. The van der Waals surface area contributed by atoms with Gasteiger partial charge in [-0.2, -0.15) is 0 Å². The van der Waals surface area contributed by atoms with Crippen molar-refractivity contribution >= 4 is 22.9 Å². The van der Waals surface area contributed by atoms with Crippen molar-refractivity contribution in [2.45, 2.75) is 6.54 Å². The third kappa shape index (κ3) is 3.37. The van der Waals surface area contributed by atoms with Crippen LogP contribution in [0.5, 0.6) is 0 Å². The van der Waals surface area contributed by atoms with Crippen LogP contribution in [0.25, 0.3) is 17.0 Å². The summed E-state index contributed by atoms with van der Waals surface area (Å²) < 4.78 is 7.56. The molecule has 1 N–H and O–H groups in total. The first-order valence-electron chi connectivity index (χ1n) is 7.53. The van der Waals surface area contributed by atoms with E-state index in [2.05, 4.69) is 21.6 Å². The van der Waals surface area contributed by atoms with Crippen molar-refractivity contribution in [1.82, 2.24) is 9.47 Å². The summed E-state index contributed by atoms with van der Waals surface area (Å²) in [6.45, 7) is 5.28. The predicted octanol–water partition coefficient (Wildman–Crippen LogP) is 2.07. The molecule has 0 unspecified atom stereocenters. The van der Waals surface area contributed by atoms with Crippen molar-refractivity contribution in [3.63, 3.8) is 0 Å². The van der Waals surface area contributed by atoms with E-state index in [1.165, 1.54) is 6.08 Å². The maximum atomic E-state index is 10.8. The van der Waals surface area contributed by atoms with Crippen LogP contribution in [0.2, 0.25) is 0 Å². The van der Waals surface area contributed by atoms with E-state index in [4.69, 9.17) is 9.84 Å². The number of morpholine rings is 1. The van der Waals surface area contributed by atoms with Gasteiger partial charge in [0.1, 0.15) is 0 Å². The van der Waals surface area contributed by atoms with E-state index in [1.54, 1.807) is 6.08 Å². The van der Waals surface area contributed by atoms with Crippen LogP contribution in [-0.2, 0) is 16.1 Å². The van der Waals surface area contributed by atoms with Crippen LogP contribution in [0.3, 0.4) is 0 Å². The van der Waals surface area contributed by atoms with Crippen molar-refractivity contribution < 1.29 is 14.6 Å². The molecule has 0 aliphatic carbocycles. The van der Waals surface area contributed by atoms with Gasteiger partial charge in [-0.3, -0.25) is 4.90 Å². The van der Waals surface area contributed by atoms with Crippen molar-refractivity contribution in [2.24, 2.45) is 0 Å². The summed E-state index contributed by atoms with van der Waals surface area (Å²) in [6.07, 6.45) is 2.86. The van der Waals surface area contributed by atoms with Crippen LogP contribution >= 0.6 is 0 Å². The normalized spacial score (nSPS) is 16.5. The number of rotatable bonds is 5. The molecule has 0 radical (unpaired) electrons. The fourth-order valence-electron chi connectivity index (χ4n) is 2.84. The van der Waals surface area contributed by atoms with Gasteiger partial charge in [0.25, 0.3) is 0 Å². The number of fused-ring (bicyclic) bond motifs is 1. The van der Waals surface area contributed by atoms with E-state index in [9.17, 15) is 4.79 Å². The van der Waals surface area contributed by atoms with Crippen LogP contribution in [0.4, 0.5) is 0 Å². The molecular formula is C17H20N2O3. The summed E-state index contributed by atoms with van der Waals surface area (Å²) in [7, 11) is 0. The lowest BCUT2D eigenvalue weighted by Crippen LogP contribution is -2.38. The fourth-order valence-corrected chi connectivity index (χ4v) is 2.84. The number of aromatic nitrogens is 1. The van der Waals surface area contributed by atoms with Gasteiger partial charge in [0.2, 0.25) is 0 Å². The zero-order valence-electron chi connectivity index (χ0n) is 12.4. The van der Waals surface area contributed by atoms with Gasteiger partial charge in [-0.25, -0.2) is 4.79 Å². The van der Waals surface area contributed by atoms with E-state index >= 15 is 0 Å². The number of nitrogens with zero attached hydrogens (tertiary/aromatic N) is 2. The lowest BCUT2D eigenvalue weighted by Gasteiger charge is -2.27. The number of carboxylic acid groups (broad SMARTS) is 1. The second-order valence-corrected chi connectivity index (χ2v) is 5.41. The molecule has 0 atom stereocenters. The summed E-state index contributed by atoms with van der Waals surface area (Å²) in [5.41, 5.74) is 2.07. The maximum absolute atomic E-state index is 10.8. The number of carbonyl (C=O) groups is 1. The fraction of sp³-hybridized carbons (Fsp3) is 0.353. The third-order valence-electron chi connectivity index (χ3n) is 3.98. The molecule has 1 aliphatic heterocycles. The molecule has 2 aromatic rings. The summed E-state index contributed by atoms with van der Waals surface area (Å²) in [5, 5.41) is 9.99. The molecule has 116 valence electrons. The van der Waals surface area contributed by atoms with E-state index in [0.29, 0.717) is 0 Å². The lowest BCUT2D eigenvalue weighted by atomic mass is 10.2. The Morgan fingerprint density at radius 3 is 2.77 bits per heavy atom. The number of aliphatic carboxylic acids is 1. The van der Waals surface area contributed by atoms with Crippen molar-refractivity contribution in [3.8, 4) is 0 Å². The monoisotopic (exact) mass is 300 g/mol. The molecule has 5 heteroatoms. The Balaban J connectivity index is 1.84. The zero-order chi connectivity index (χ0) is 15.4. The van der Waals surface area contributed by atoms with E-state index in [0.717, 1.165) is 56.0 Å². The maximum Gasteiger partial charge on any atom is 0.328 e. The van der Waals surface area contributed by atoms with Gasteiger partial charge in [0, 0.05) is 48.9 Å². The van der Waals surface area contributed by atoms with E-state index < -0.39 is 5.97 Å². The second kappa shape index (κ2) is 6.77. The van der Waals surface area contributed by atoms with Gasteiger partial charge in [-0.05, 0) is 18.2 Å². The summed E-state index contributed by atoms with van der Waals surface area (Å²) in [6, 6.07) is 10.2. The molecule has 0 saturated carbocycles. The highest BCUT2D eigenvalue weighted by Crippen LogP contribution is 2.21. The average Bonchev–Trinajstić information content (AvgIpc) is 2.89.